The molecule has 1 aliphatic carbocycles. The van der Waals surface area contributed by atoms with Crippen molar-refractivity contribution in [2.45, 2.75) is 31.4 Å². The average Bonchev–Trinajstić information content (AvgIpc) is 3.01. The van der Waals surface area contributed by atoms with Gasteiger partial charge in [-0.1, -0.05) is 108 Å². The van der Waals surface area contributed by atoms with Crippen LogP contribution in [0.3, 0.4) is 0 Å². The number of hydrogen-bond acceptors (Lipinski definition) is 4. The standard InChI is InChI=1S/C38H34N2O2/c1-27-20-21-35-31(24-27)25-33(37(41)39-35)36(30-15-7-4-8-16-30)38(42,22-23-40(2)26-28-12-5-3-6-13-28)34-19-11-17-29-14-9-10-18-32(29)34/h3-10,12-18,20-21,24-25,36,42H,22-23,26H2,1-2H3,(H,39,41). The van der Waals surface area contributed by atoms with E-state index in [1.54, 1.807) is 0 Å². The van der Waals surface area contributed by atoms with E-state index in [-0.39, 0.29) is 5.88 Å². The molecular weight excluding hydrogens is 516 g/mol. The Morgan fingerprint density at radius 1 is 0.881 bits per heavy atom. The topological polar surface area (TPSA) is 56.6 Å². The van der Waals surface area contributed by atoms with Crippen LogP contribution < -0.4 is 0 Å². The molecule has 0 saturated heterocycles. The first-order valence-electron chi connectivity index (χ1n) is 14.3. The fourth-order valence-corrected chi connectivity index (χ4v) is 6.07. The van der Waals surface area contributed by atoms with E-state index in [0.717, 1.165) is 34.2 Å². The van der Waals surface area contributed by atoms with Crippen molar-refractivity contribution in [3.05, 3.63) is 154 Å². The first-order valence-corrected chi connectivity index (χ1v) is 14.3. The Morgan fingerprint density at radius 3 is 2.38 bits per heavy atom. The van der Waals surface area contributed by atoms with Gasteiger partial charge >= 0.3 is 0 Å². The van der Waals surface area contributed by atoms with Crippen molar-refractivity contribution in [1.82, 2.24) is 9.88 Å². The summed E-state index contributed by atoms with van der Waals surface area (Å²) < 4.78 is 0. The van der Waals surface area contributed by atoms with Crippen molar-refractivity contribution in [3.63, 3.8) is 0 Å². The van der Waals surface area contributed by atoms with Crippen molar-refractivity contribution in [2.75, 3.05) is 13.6 Å². The number of pyridine rings is 1. The van der Waals surface area contributed by atoms with Gasteiger partial charge in [0.25, 0.3) is 0 Å². The predicted octanol–water partition coefficient (Wildman–Crippen LogP) is 7.50. The lowest BCUT2D eigenvalue weighted by Crippen LogP contribution is -2.41. The maximum atomic E-state index is 13.2. The molecule has 0 aliphatic heterocycles. The number of aromatic nitrogens is 1. The molecule has 0 amide bonds. The SMILES string of the molecule is Cc1ccc2nc(O)c(C(c3ccccc3)C(O)(CCN(C)Cc3ccccc3)C3=C=C=Cc4ccccc43)cc2c1. The molecule has 208 valence electrons. The second-order valence-electron chi connectivity index (χ2n) is 11.2. The first-order chi connectivity index (χ1) is 20.4. The number of nitrogens with zero attached hydrogens (tertiary/aromatic N) is 2. The lowest BCUT2D eigenvalue weighted by Gasteiger charge is -2.40. The van der Waals surface area contributed by atoms with E-state index < -0.39 is 11.5 Å². The van der Waals surface area contributed by atoms with Crippen LogP contribution in [0.2, 0.25) is 0 Å². The van der Waals surface area contributed by atoms with Crippen LogP contribution in [0.25, 0.3) is 22.6 Å². The van der Waals surface area contributed by atoms with Gasteiger partial charge in [0.1, 0.15) is 5.60 Å². The molecule has 0 bridgehead atoms. The molecule has 2 unspecified atom stereocenters. The summed E-state index contributed by atoms with van der Waals surface area (Å²) in [6.07, 6.45) is 2.29. The van der Waals surface area contributed by atoms with Crippen LogP contribution in [-0.4, -0.2) is 39.3 Å². The smallest absolute Gasteiger partial charge is 0.215 e. The molecule has 4 nitrogen and oxygen atoms in total. The van der Waals surface area contributed by atoms with Crippen molar-refractivity contribution in [2.24, 2.45) is 0 Å². The normalized spacial score (nSPS) is 14.4. The Kier molecular flexibility index (Phi) is 7.63. The molecule has 5 aromatic rings. The molecule has 0 fully saturated rings. The number of aliphatic hydroxyl groups is 1. The number of aromatic hydroxyl groups is 1. The van der Waals surface area contributed by atoms with Crippen molar-refractivity contribution in [1.29, 1.82) is 0 Å². The minimum absolute atomic E-state index is 0.0829. The summed E-state index contributed by atoms with van der Waals surface area (Å²) in [5.74, 6) is -0.711. The van der Waals surface area contributed by atoms with Gasteiger partial charge in [-0.25, -0.2) is 4.98 Å². The largest absolute Gasteiger partial charge is 0.493 e. The maximum Gasteiger partial charge on any atom is 0.215 e. The summed E-state index contributed by atoms with van der Waals surface area (Å²) in [7, 11) is 2.07. The van der Waals surface area contributed by atoms with Crippen LogP contribution in [0.15, 0.2) is 121 Å². The molecule has 4 aromatic carbocycles. The maximum absolute atomic E-state index is 13.2. The Morgan fingerprint density at radius 2 is 1.60 bits per heavy atom. The van der Waals surface area contributed by atoms with Gasteiger partial charge in [0, 0.05) is 35.5 Å². The van der Waals surface area contributed by atoms with Gasteiger partial charge in [0.05, 0.1) is 5.52 Å². The Hall–Kier alpha value is -4.69. The zero-order valence-electron chi connectivity index (χ0n) is 24.0. The van der Waals surface area contributed by atoms with Crippen molar-refractivity contribution >= 4 is 22.6 Å². The molecular formula is C38H34N2O2. The summed E-state index contributed by atoms with van der Waals surface area (Å²) in [5.41, 5.74) is 12.1. The molecule has 1 aromatic heterocycles. The molecule has 1 heterocycles. The van der Waals surface area contributed by atoms with Crippen LogP contribution >= 0.6 is 0 Å². The van der Waals surface area contributed by atoms with Gasteiger partial charge in [-0.15, -0.1) is 0 Å². The average molecular weight is 551 g/mol. The highest BCUT2D eigenvalue weighted by Crippen LogP contribution is 2.48. The van der Waals surface area contributed by atoms with Crippen LogP contribution in [0.5, 0.6) is 5.88 Å². The molecule has 1 aliphatic rings. The molecule has 42 heavy (non-hydrogen) atoms. The molecule has 6 rings (SSSR count). The fourth-order valence-electron chi connectivity index (χ4n) is 6.07. The van der Waals surface area contributed by atoms with Crippen LogP contribution in [0.1, 0.15) is 45.7 Å². The van der Waals surface area contributed by atoms with Crippen LogP contribution in [0, 0.1) is 6.92 Å². The molecule has 2 N–H and O–H groups in total. The minimum Gasteiger partial charge on any atom is -0.493 e. The molecule has 0 radical (unpaired) electrons. The van der Waals surface area contributed by atoms with Gasteiger partial charge in [0.2, 0.25) is 5.88 Å². The van der Waals surface area contributed by atoms with Gasteiger partial charge in [-0.2, -0.15) is 0 Å². The summed E-state index contributed by atoms with van der Waals surface area (Å²) in [6.45, 7) is 3.40. The van der Waals surface area contributed by atoms with Gasteiger partial charge in [0.15, 0.2) is 0 Å². The van der Waals surface area contributed by atoms with E-state index in [4.69, 9.17) is 0 Å². The van der Waals surface area contributed by atoms with E-state index in [9.17, 15) is 10.2 Å². The highest BCUT2D eigenvalue weighted by molar-refractivity contribution is 5.84. The molecule has 0 saturated carbocycles. The number of aryl methyl sites for hydroxylation is 1. The zero-order chi connectivity index (χ0) is 29.1. The van der Waals surface area contributed by atoms with Crippen molar-refractivity contribution < 1.29 is 10.2 Å². The lowest BCUT2D eigenvalue weighted by atomic mass is 9.69. The Bertz CT molecular complexity index is 1830. The van der Waals surface area contributed by atoms with E-state index in [1.165, 1.54) is 5.56 Å². The third kappa shape index (κ3) is 5.45. The monoisotopic (exact) mass is 550 g/mol. The summed E-state index contributed by atoms with van der Waals surface area (Å²) in [5, 5.41) is 25.6. The quantitative estimate of drug-likeness (QED) is 0.187. The lowest BCUT2D eigenvalue weighted by molar-refractivity contribution is 0.0628. The number of fused-ring (bicyclic) bond motifs is 2. The third-order valence-corrected chi connectivity index (χ3v) is 8.16. The Labute approximate surface area is 247 Å². The molecule has 0 spiro atoms. The van der Waals surface area contributed by atoms with Crippen LogP contribution in [-0.2, 0) is 6.54 Å². The van der Waals surface area contributed by atoms with E-state index in [0.29, 0.717) is 29.6 Å². The van der Waals surface area contributed by atoms with Gasteiger partial charge in [-0.05, 0) is 66.9 Å². The van der Waals surface area contributed by atoms with Crippen LogP contribution in [0.4, 0.5) is 0 Å². The van der Waals surface area contributed by atoms with E-state index >= 15 is 0 Å². The summed E-state index contributed by atoms with van der Waals surface area (Å²) in [6, 6.07) is 36.3. The van der Waals surface area contributed by atoms with E-state index in [2.05, 4.69) is 46.6 Å². The Balaban J connectivity index is 1.52. The second kappa shape index (κ2) is 11.7. The predicted molar refractivity (Wildman–Crippen MR) is 170 cm³/mol. The second-order valence-corrected chi connectivity index (χ2v) is 11.2. The summed E-state index contributed by atoms with van der Waals surface area (Å²) in [4.78, 5) is 6.82. The number of rotatable bonds is 9. The minimum atomic E-state index is -1.46. The number of benzene rings is 4. The van der Waals surface area contributed by atoms with Gasteiger partial charge in [-0.3, -0.25) is 0 Å². The highest BCUT2D eigenvalue weighted by Gasteiger charge is 2.45. The third-order valence-electron chi connectivity index (χ3n) is 8.16. The number of hydrogen-bond donors (Lipinski definition) is 2. The zero-order valence-corrected chi connectivity index (χ0v) is 24.0. The first kappa shape index (κ1) is 27.5. The highest BCUT2D eigenvalue weighted by atomic mass is 16.3. The van der Waals surface area contributed by atoms with Crippen molar-refractivity contribution in [3.8, 4) is 5.88 Å². The summed E-state index contributed by atoms with van der Waals surface area (Å²) >= 11 is 0. The fraction of sp³-hybridized carbons (Fsp3) is 0.184. The molecule has 4 heteroatoms. The molecule has 2 atom stereocenters. The van der Waals surface area contributed by atoms with E-state index in [1.807, 2.05) is 104 Å². The van der Waals surface area contributed by atoms with Gasteiger partial charge < -0.3 is 15.1 Å².